The van der Waals surface area contributed by atoms with Crippen molar-refractivity contribution >= 4 is 39.0 Å². The number of hydrogen-bond donors (Lipinski definition) is 1. The van der Waals surface area contributed by atoms with Gasteiger partial charge in [0.2, 0.25) is 5.28 Å². The van der Waals surface area contributed by atoms with E-state index in [9.17, 15) is 0 Å². The van der Waals surface area contributed by atoms with Crippen molar-refractivity contribution in [2.45, 2.75) is 19.9 Å². The molecule has 1 N–H and O–H groups in total. The maximum Gasteiger partial charge on any atom is 0.225 e. The molecule has 0 bridgehead atoms. The van der Waals surface area contributed by atoms with Crippen LogP contribution < -0.4 is 5.32 Å². The summed E-state index contributed by atoms with van der Waals surface area (Å²) in [7, 11) is 0. The summed E-state index contributed by atoms with van der Waals surface area (Å²) in [6.45, 7) is 3.95. The summed E-state index contributed by atoms with van der Waals surface area (Å²) in [6.07, 6.45) is 0. The van der Waals surface area contributed by atoms with E-state index >= 15 is 0 Å². The van der Waals surface area contributed by atoms with E-state index in [2.05, 4.69) is 15.3 Å². The number of aryl methyl sites for hydroxylation is 1. The second-order valence-corrected chi connectivity index (χ2v) is 5.53. The SMILES string of the molecule is Cc1ccc(C(C)Nc2nc(Cl)nc3sccc23)o1. The third-order valence-corrected chi connectivity index (χ3v) is 3.81. The molecule has 0 aliphatic heterocycles. The molecule has 1 unspecified atom stereocenters. The van der Waals surface area contributed by atoms with Crippen molar-refractivity contribution < 1.29 is 4.42 Å². The minimum absolute atomic E-state index is 0.0165. The maximum atomic E-state index is 5.94. The van der Waals surface area contributed by atoms with Gasteiger partial charge in [0.15, 0.2) is 0 Å². The van der Waals surface area contributed by atoms with Gasteiger partial charge in [0.25, 0.3) is 0 Å². The quantitative estimate of drug-likeness (QED) is 0.726. The lowest BCUT2D eigenvalue weighted by atomic mass is 10.2. The van der Waals surface area contributed by atoms with E-state index in [4.69, 9.17) is 16.0 Å². The van der Waals surface area contributed by atoms with Crippen molar-refractivity contribution in [3.8, 4) is 0 Å². The minimum Gasteiger partial charge on any atom is -0.464 e. The Hall–Kier alpha value is -1.59. The van der Waals surface area contributed by atoms with Crippen LogP contribution >= 0.6 is 22.9 Å². The van der Waals surface area contributed by atoms with E-state index in [-0.39, 0.29) is 11.3 Å². The summed E-state index contributed by atoms with van der Waals surface area (Å²) >= 11 is 7.48. The van der Waals surface area contributed by atoms with Crippen LogP contribution in [0.5, 0.6) is 0 Å². The molecule has 19 heavy (non-hydrogen) atoms. The average Bonchev–Trinajstić information content (AvgIpc) is 2.97. The largest absolute Gasteiger partial charge is 0.464 e. The number of anilines is 1. The first-order chi connectivity index (χ1) is 9.13. The van der Waals surface area contributed by atoms with Crippen LogP contribution in [0.4, 0.5) is 5.82 Å². The Labute approximate surface area is 119 Å². The zero-order valence-electron chi connectivity index (χ0n) is 10.5. The summed E-state index contributed by atoms with van der Waals surface area (Å²) in [5, 5.41) is 6.52. The first-order valence-electron chi connectivity index (χ1n) is 5.87. The van der Waals surface area contributed by atoms with Gasteiger partial charge in [-0.05, 0) is 49.0 Å². The molecule has 0 fully saturated rings. The van der Waals surface area contributed by atoms with Gasteiger partial charge in [0.1, 0.15) is 22.2 Å². The molecule has 0 saturated heterocycles. The van der Waals surface area contributed by atoms with Crippen molar-refractivity contribution in [1.82, 2.24) is 9.97 Å². The van der Waals surface area contributed by atoms with Gasteiger partial charge in [0.05, 0.1) is 11.4 Å². The topological polar surface area (TPSA) is 51.0 Å². The number of fused-ring (bicyclic) bond motifs is 1. The van der Waals surface area contributed by atoms with Gasteiger partial charge in [-0.15, -0.1) is 11.3 Å². The molecule has 3 aromatic heterocycles. The van der Waals surface area contributed by atoms with Gasteiger partial charge in [-0.2, -0.15) is 0 Å². The Kier molecular flexibility index (Phi) is 3.16. The van der Waals surface area contributed by atoms with Crippen molar-refractivity contribution in [3.63, 3.8) is 0 Å². The van der Waals surface area contributed by atoms with E-state index in [0.717, 1.165) is 27.6 Å². The molecule has 1 atom stereocenters. The molecule has 0 amide bonds. The zero-order valence-corrected chi connectivity index (χ0v) is 12.0. The number of aromatic nitrogens is 2. The van der Waals surface area contributed by atoms with Crippen molar-refractivity contribution in [2.75, 3.05) is 5.32 Å². The molecule has 0 spiro atoms. The molecular weight excluding hydrogens is 282 g/mol. The number of nitrogens with zero attached hydrogens (tertiary/aromatic N) is 2. The average molecular weight is 294 g/mol. The predicted molar refractivity (Wildman–Crippen MR) is 77.9 cm³/mol. The maximum absolute atomic E-state index is 5.94. The van der Waals surface area contributed by atoms with Gasteiger partial charge < -0.3 is 9.73 Å². The van der Waals surface area contributed by atoms with Crippen LogP contribution in [0, 0.1) is 6.92 Å². The van der Waals surface area contributed by atoms with Gasteiger partial charge >= 0.3 is 0 Å². The molecule has 0 saturated carbocycles. The molecule has 0 aromatic carbocycles. The van der Waals surface area contributed by atoms with Gasteiger partial charge in [0, 0.05) is 0 Å². The predicted octanol–water partition coefficient (Wildman–Crippen LogP) is 4.42. The molecule has 3 aromatic rings. The molecule has 4 nitrogen and oxygen atoms in total. The summed E-state index contributed by atoms with van der Waals surface area (Å²) in [5.41, 5.74) is 0. The van der Waals surface area contributed by atoms with E-state index in [1.807, 2.05) is 37.4 Å². The Morgan fingerprint density at radius 1 is 1.32 bits per heavy atom. The van der Waals surface area contributed by atoms with Crippen molar-refractivity contribution in [2.24, 2.45) is 0 Å². The first-order valence-corrected chi connectivity index (χ1v) is 7.13. The summed E-state index contributed by atoms with van der Waals surface area (Å²) in [4.78, 5) is 9.32. The van der Waals surface area contributed by atoms with Crippen LogP contribution in [0.2, 0.25) is 5.28 Å². The van der Waals surface area contributed by atoms with Gasteiger partial charge in [-0.1, -0.05) is 0 Å². The van der Waals surface area contributed by atoms with Gasteiger partial charge in [-0.25, -0.2) is 9.97 Å². The van der Waals surface area contributed by atoms with Gasteiger partial charge in [-0.3, -0.25) is 0 Å². The zero-order chi connectivity index (χ0) is 13.4. The monoisotopic (exact) mass is 293 g/mol. The normalized spacial score (nSPS) is 12.8. The molecule has 3 rings (SSSR count). The molecule has 98 valence electrons. The van der Waals surface area contributed by atoms with Crippen LogP contribution in [0.3, 0.4) is 0 Å². The van der Waals surface area contributed by atoms with E-state index in [1.54, 1.807) is 11.3 Å². The van der Waals surface area contributed by atoms with Crippen LogP contribution in [0.25, 0.3) is 10.2 Å². The Balaban J connectivity index is 1.94. The van der Waals surface area contributed by atoms with Crippen molar-refractivity contribution in [3.05, 3.63) is 40.4 Å². The highest BCUT2D eigenvalue weighted by molar-refractivity contribution is 7.16. The lowest BCUT2D eigenvalue weighted by Gasteiger charge is -2.13. The van der Waals surface area contributed by atoms with Crippen LogP contribution in [-0.2, 0) is 0 Å². The van der Waals surface area contributed by atoms with E-state index in [1.165, 1.54) is 0 Å². The summed E-state index contributed by atoms with van der Waals surface area (Å²) in [5.74, 6) is 2.50. The fourth-order valence-corrected chi connectivity index (χ4v) is 2.88. The smallest absolute Gasteiger partial charge is 0.225 e. The highest BCUT2D eigenvalue weighted by atomic mass is 35.5. The Morgan fingerprint density at radius 3 is 2.89 bits per heavy atom. The second kappa shape index (κ2) is 4.83. The number of hydrogen-bond acceptors (Lipinski definition) is 5. The number of thiophene rings is 1. The Morgan fingerprint density at radius 2 is 2.16 bits per heavy atom. The standard InChI is InChI=1S/C13H12ClN3OS/c1-7-3-4-10(18-7)8(2)15-11-9-5-6-19-12(9)17-13(14)16-11/h3-6,8H,1-2H3,(H,15,16,17). The first kappa shape index (κ1) is 12.4. The number of halogens is 1. The van der Waals surface area contributed by atoms with Crippen LogP contribution in [0.15, 0.2) is 28.0 Å². The molecule has 3 heterocycles. The lowest BCUT2D eigenvalue weighted by Crippen LogP contribution is -2.07. The summed E-state index contributed by atoms with van der Waals surface area (Å²) < 4.78 is 5.60. The molecular formula is C13H12ClN3OS. The number of rotatable bonds is 3. The Bertz CT molecular complexity index is 722. The fourth-order valence-electron chi connectivity index (χ4n) is 1.90. The highest BCUT2D eigenvalue weighted by Gasteiger charge is 2.13. The second-order valence-electron chi connectivity index (χ2n) is 4.30. The number of furan rings is 1. The van der Waals surface area contributed by atoms with Crippen LogP contribution in [-0.4, -0.2) is 9.97 Å². The molecule has 6 heteroatoms. The lowest BCUT2D eigenvalue weighted by molar-refractivity contribution is 0.466. The molecule has 0 radical (unpaired) electrons. The third-order valence-electron chi connectivity index (χ3n) is 2.84. The molecule has 0 aliphatic rings. The summed E-state index contributed by atoms with van der Waals surface area (Å²) in [6, 6.07) is 5.91. The highest BCUT2D eigenvalue weighted by Crippen LogP contribution is 2.29. The van der Waals surface area contributed by atoms with Crippen LogP contribution in [0.1, 0.15) is 24.5 Å². The minimum atomic E-state index is 0.0165. The molecule has 0 aliphatic carbocycles. The van der Waals surface area contributed by atoms with E-state index in [0.29, 0.717) is 0 Å². The van der Waals surface area contributed by atoms with E-state index < -0.39 is 0 Å². The fraction of sp³-hybridized carbons (Fsp3) is 0.231. The number of nitrogens with one attached hydrogen (secondary N) is 1. The third kappa shape index (κ3) is 2.43. The van der Waals surface area contributed by atoms with Crippen molar-refractivity contribution in [1.29, 1.82) is 0 Å².